The number of aliphatic hydroxyl groups is 1. The number of hydrogen-bond donors (Lipinski definition) is 2. The third-order valence-electron chi connectivity index (χ3n) is 2.47. The predicted molar refractivity (Wildman–Crippen MR) is 67.5 cm³/mol. The zero-order valence-corrected chi connectivity index (χ0v) is 11.4. The summed E-state index contributed by atoms with van der Waals surface area (Å²) in [6.07, 6.45) is -1.37. The topological polar surface area (TPSA) is 83.5 Å². The normalized spacial score (nSPS) is 13.4. The van der Waals surface area contributed by atoms with Gasteiger partial charge in [0.2, 0.25) is 0 Å². The summed E-state index contributed by atoms with van der Waals surface area (Å²) in [4.78, 5) is 11.2. The number of rotatable bonds is 4. The fourth-order valence-corrected chi connectivity index (χ4v) is 2.36. The van der Waals surface area contributed by atoms with Crippen LogP contribution in [0.2, 0.25) is 0 Å². The van der Waals surface area contributed by atoms with Gasteiger partial charge in [0.05, 0.1) is 4.90 Å². The second-order valence-corrected chi connectivity index (χ2v) is 6.05. The van der Waals surface area contributed by atoms with Crippen molar-refractivity contribution in [1.29, 1.82) is 0 Å². The number of amides is 1. The largest absolute Gasteiger partial charge is 0.384 e. The summed E-state index contributed by atoms with van der Waals surface area (Å²) in [5, 5.41) is 8.97. The van der Waals surface area contributed by atoms with Gasteiger partial charge in [-0.1, -0.05) is 26.0 Å². The minimum atomic E-state index is -3.91. The molecule has 0 saturated heterocycles. The second-order valence-electron chi connectivity index (χ2n) is 4.37. The average molecular weight is 271 g/mol. The number of sulfonamides is 1. The van der Waals surface area contributed by atoms with Crippen molar-refractivity contribution in [3.05, 3.63) is 29.8 Å². The lowest BCUT2D eigenvalue weighted by atomic mass is 10.0. The first kappa shape index (κ1) is 14.7. The van der Waals surface area contributed by atoms with E-state index in [2.05, 4.69) is 0 Å². The van der Waals surface area contributed by atoms with Gasteiger partial charge in [-0.2, -0.15) is 0 Å². The summed E-state index contributed by atoms with van der Waals surface area (Å²) in [5.74, 6) is -0.642. The zero-order valence-electron chi connectivity index (χ0n) is 10.5. The molecule has 0 radical (unpaired) electrons. The van der Waals surface area contributed by atoms with Crippen molar-refractivity contribution < 1.29 is 18.3 Å². The standard InChI is InChI=1S/C12H17NO4S/c1-8(2)10-4-6-11(7-5-10)18(16,17)13-12(15)9(3)14/h4-9,14H,1-3H3,(H,13,15). The van der Waals surface area contributed by atoms with E-state index in [1.54, 1.807) is 16.9 Å². The fraction of sp³-hybridized carbons (Fsp3) is 0.417. The van der Waals surface area contributed by atoms with E-state index in [4.69, 9.17) is 5.11 Å². The van der Waals surface area contributed by atoms with Crippen LogP contribution >= 0.6 is 0 Å². The first-order valence-electron chi connectivity index (χ1n) is 5.58. The van der Waals surface area contributed by atoms with Crippen molar-refractivity contribution in [2.24, 2.45) is 0 Å². The monoisotopic (exact) mass is 271 g/mol. The van der Waals surface area contributed by atoms with Crippen LogP contribution in [0.4, 0.5) is 0 Å². The van der Waals surface area contributed by atoms with E-state index in [1.807, 2.05) is 13.8 Å². The fourth-order valence-electron chi connectivity index (χ4n) is 1.31. The molecule has 0 spiro atoms. The molecule has 0 bridgehead atoms. The summed E-state index contributed by atoms with van der Waals surface area (Å²) >= 11 is 0. The van der Waals surface area contributed by atoms with E-state index in [1.165, 1.54) is 19.1 Å². The van der Waals surface area contributed by atoms with Gasteiger partial charge in [-0.3, -0.25) is 4.79 Å². The Morgan fingerprint density at radius 1 is 1.17 bits per heavy atom. The number of carbonyl (C=O) groups excluding carboxylic acids is 1. The van der Waals surface area contributed by atoms with Crippen molar-refractivity contribution in [2.45, 2.75) is 37.7 Å². The summed E-state index contributed by atoms with van der Waals surface area (Å²) in [5.41, 5.74) is 1.01. The maximum atomic E-state index is 11.8. The SMILES string of the molecule is CC(O)C(=O)NS(=O)(=O)c1ccc(C(C)C)cc1. The summed E-state index contributed by atoms with van der Waals surface area (Å²) in [6.45, 7) is 5.20. The van der Waals surface area contributed by atoms with Crippen LogP contribution in [-0.2, 0) is 14.8 Å². The molecule has 0 aliphatic heterocycles. The van der Waals surface area contributed by atoms with E-state index in [0.29, 0.717) is 5.92 Å². The van der Waals surface area contributed by atoms with Crippen molar-refractivity contribution in [3.63, 3.8) is 0 Å². The maximum absolute atomic E-state index is 11.8. The van der Waals surface area contributed by atoms with Crippen LogP contribution in [0.1, 0.15) is 32.3 Å². The minimum absolute atomic E-state index is 0.000833. The van der Waals surface area contributed by atoms with Crippen molar-refractivity contribution in [1.82, 2.24) is 4.72 Å². The quantitative estimate of drug-likeness (QED) is 0.855. The molecule has 0 saturated carbocycles. The van der Waals surface area contributed by atoms with E-state index in [-0.39, 0.29) is 4.90 Å². The van der Waals surface area contributed by atoms with Crippen LogP contribution in [-0.4, -0.2) is 25.5 Å². The highest BCUT2D eigenvalue weighted by molar-refractivity contribution is 7.90. The van der Waals surface area contributed by atoms with Gasteiger partial charge in [-0.05, 0) is 30.5 Å². The molecule has 0 fully saturated rings. The smallest absolute Gasteiger partial charge is 0.264 e. The molecule has 1 aromatic rings. The van der Waals surface area contributed by atoms with Gasteiger partial charge in [-0.25, -0.2) is 13.1 Å². The van der Waals surface area contributed by atoms with Crippen LogP contribution in [0.15, 0.2) is 29.2 Å². The Morgan fingerprint density at radius 2 is 1.67 bits per heavy atom. The van der Waals surface area contributed by atoms with Gasteiger partial charge in [0, 0.05) is 0 Å². The average Bonchev–Trinajstić information content (AvgIpc) is 2.28. The van der Waals surface area contributed by atoms with Crippen LogP contribution in [0.5, 0.6) is 0 Å². The van der Waals surface area contributed by atoms with Crippen molar-refractivity contribution in [3.8, 4) is 0 Å². The first-order chi connectivity index (χ1) is 8.24. The molecule has 1 rings (SSSR count). The van der Waals surface area contributed by atoms with Gasteiger partial charge < -0.3 is 5.11 Å². The van der Waals surface area contributed by atoms with E-state index >= 15 is 0 Å². The lowest BCUT2D eigenvalue weighted by Crippen LogP contribution is -2.37. The first-order valence-corrected chi connectivity index (χ1v) is 7.07. The highest BCUT2D eigenvalue weighted by Gasteiger charge is 2.20. The number of aliphatic hydroxyl groups excluding tert-OH is 1. The molecule has 0 aliphatic carbocycles. The molecule has 0 aliphatic rings. The van der Waals surface area contributed by atoms with Crippen LogP contribution in [0, 0.1) is 0 Å². The summed E-state index contributed by atoms with van der Waals surface area (Å²) in [7, 11) is -3.91. The number of hydrogen-bond acceptors (Lipinski definition) is 4. The Labute approximate surface area is 107 Å². The third-order valence-corrected chi connectivity index (χ3v) is 3.83. The molecule has 18 heavy (non-hydrogen) atoms. The molecule has 2 N–H and O–H groups in total. The van der Waals surface area contributed by atoms with E-state index < -0.39 is 22.0 Å². The Hall–Kier alpha value is -1.40. The molecule has 5 nitrogen and oxygen atoms in total. The third kappa shape index (κ3) is 3.54. The second kappa shape index (κ2) is 5.49. The molecule has 100 valence electrons. The van der Waals surface area contributed by atoms with Crippen LogP contribution in [0.25, 0.3) is 0 Å². The molecular formula is C12H17NO4S. The Bertz CT molecular complexity index is 518. The number of nitrogens with one attached hydrogen (secondary N) is 1. The van der Waals surface area contributed by atoms with E-state index in [0.717, 1.165) is 5.56 Å². The van der Waals surface area contributed by atoms with Crippen molar-refractivity contribution >= 4 is 15.9 Å². The summed E-state index contributed by atoms with van der Waals surface area (Å²) in [6, 6.07) is 6.28. The van der Waals surface area contributed by atoms with Crippen LogP contribution < -0.4 is 4.72 Å². The molecule has 1 aromatic carbocycles. The van der Waals surface area contributed by atoms with Gasteiger partial charge in [0.15, 0.2) is 0 Å². The van der Waals surface area contributed by atoms with Gasteiger partial charge in [0.25, 0.3) is 15.9 Å². The van der Waals surface area contributed by atoms with Crippen molar-refractivity contribution in [2.75, 3.05) is 0 Å². The minimum Gasteiger partial charge on any atom is -0.384 e. The Morgan fingerprint density at radius 3 is 2.06 bits per heavy atom. The molecule has 6 heteroatoms. The maximum Gasteiger partial charge on any atom is 0.264 e. The van der Waals surface area contributed by atoms with E-state index in [9.17, 15) is 13.2 Å². The van der Waals surface area contributed by atoms with Gasteiger partial charge in [-0.15, -0.1) is 0 Å². The summed E-state index contributed by atoms with van der Waals surface area (Å²) < 4.78 is 25.4. The molecule has 1 atom stereocenters. The van der Waals surface area contributed by atoms with Gasteiger partial charge in [0.1, 0.15) is 6.10 Å². The van der Waals surface area contributed by atoms with Gasteiger partial charge >= 0.3 is 0 Å². The lowest BCUT2D eigenvalue weighted by molar-refractivity contribution is -0.126. The number of carbonyl (C=O) groups is 1. The molecule has 0 aromatic heterocycles. The van der Waals surface area contributed by atoms with Crippen LogP contribution in [0.3, 0.4) is 0 Å². The zero-order chi connectivity index (χ0) is 13.9. The highest BCUT2D eigenvalue weighted by Crippen LogP contribution is 2.17. The number of benzene rings is 1. The molecular weight excluding hydrogens is 254 g/mol. The molecule has 0 heterocycles. The Balaban J connectivity index is 2.96. The Kier molecular flexibility index (Phi) is 4.48. The lowest BCUT2D eigenvalue weighted by Gasteiger charge is -2.10. The highest BCUT2D eigenvalue weighted by atomic mass is 32.2. The molecule has 1 amide bonds. The predicted octanol–water partition coefficient (Wildman–Crippen LogP) is 0.996. The molecule has 1 unspecified atom stereocenters.